The fourth-order valence-electron chi connectivity index (χ4n) is 2.98. The molecule has 1 N–H and O–H groups in total. The van der Waals surface area contributed by atoms with Gasteiger partial charge >= 0.3 is 0 Å². The summed E-state index contributed by atoms with van der Waals surface area (Å²) in [4.78, 5) is 12.3. The van der Waals surface area contributed by atoms with Gasteiger partial charge in [-0.25, -0.2) is 8.42 Å². The third-order valence-corrected chi connectivity index (χ3v) is 5.68. The van der Waals surface area contributed by atoms with E-state index in [1.807, 2.05) is 6.92 Å². The quantitative estimate of drug-likeness (QED) is 0.879. The van der Waals surface area contributed by atoms with Gasteiger partial charge in [-0.2, -0.15) is 4.31 Å². The van der Waals surface area contributed by atoms with Gasteiger partial charge in [-0.3, -0.25) is 4.79 Å². The number of hydrogen-bond donors (Lipinski definition) is 1. The van der Waals surface area contributed by atoms with Crippen molar-refractivity contribution in [3.63, 3.8) is 0 Å². The molecule has 23 heavy (non-hydrogen) atoms. The molecule has 1 saturated carbocycles. The number of carbonyl (C=O) groups excluding carboxylic acids is 1. The molecule has 0 heterocycles. The minimum absolute atomic E-state index is 0.0733. The number of amides is 1. The Labute approximate surface area is 143 Å². The van der Waals surface area contributed by atoms with Gasteiger partial charge in [0.2, 0.25) is 15.9 Å². The average molecular weight is 359 g/mol. The summed E-state index contributed by atoms with van der Waals surface area (Å²) in [5.74, 6) is -0.327. The fraction of sp³-hybridized carbons (Fsp3) is 0.562. The summed E-state index contributed by atoms with van der Waals surface area (Å²) < 4.78 is 25.5. The van der Waals surface area contributed by atoms with Crippen molar-refractivity contribution >= 4 is 33.2 Å². The number of halogens is 1. The van der Waals surface area contributed by atoms with Crippen LogP contribution < -0.4 is 5.32 Å². The summed E-state index contributed by atoms with van der Waals surface area (Å²) in [6.07, 6.45) is 5.95. The van der Waals surface area contributed by atoms with Crippen LogP contribution in [0.3, 0.4) is 0 Å². The lowest BCUT2D eigenvalue weighted by molar-refractivity contribution is -0.116. The zero-order valence-electron chi connectivity index (χ0n) is 13.5. The van der Waals surface area contributed by atoms with E-state index in [4.69, 9.17) is 11.6 Å². The normalized spacial score (nSPS) is 16.5. The Morgan fingerprint density at radius 3 is 2.52 bits per heavy atom. The van der Waals surface area contributed by atoms with Crippen molar-refractivity contribution in [1.29, 1.82) is 0 Å². The highest BCUT2D eigenvalue weighted by Gasteiger charge is 2.29. The molecular formula is C16H23ClN2O3S. The van der Waals surface area contributed by atoms with Crippen molar-refractivity contribution in [3.8, 4) is 0 Å². The summed E-state index contributed by atoms with van der Waals surface area (Å²) >= 11 is 5.90. The zero-order chi connectivity index (χ0) is 17.0. The van der Waals surface area contributed by atoms with E-state index < -0.39 is 10.0 Å². The number of hydrogen-bond acceptors (Lipinski definition) is 3. The topological polar surface area (TPSA) is 66.5 Å². The maximum Gasteiger partial charge on any atom is 0.239 e. The van der Waals surface area contributed by atoms with Gasteiger partial charge in [0.15, 0.2) is 0 Å². The Hall–Kier alpha value is -1.11. The van der Waals surface area contributed by atoms with Gasteiger partial charge in [0, 0.05) is 16.8 Å². The van der Waals surface area contributed by atoms with E-state index in [2.05, 4.69) is 5.32 Å². The monoisotopic (exact) mass is 358 g/mol. The number of nitrogens with zero attached hydrogens (tertiary/aromatic N) is 1. The first-order valence-corrected chi connectivity index (χ1v) is 10.0. The number of sulfonamides is 1. The first-order chi connectivity index (χ1) is 10.8. The molecule has 128 valence electrons. The van der Waals surface area contributed by atoms with Crippen LogP contribution in [0, 0.1) is 6.92 Å². The largest absolute Gasteiger partial charge is 0.325 e. The van der Waals surface area contributed by atoms with E-state index in [1.54, 1.807) is 18.2 Å². The molecule has 1 amide bonds. The highest BCUT2D eigenvalue weighted by molar-refractivity contribution is 7.88. The van der Waals surface area contributed by atoms with Crippen LogP contribution in [-0.4, -0.2) is 37.5 Å². The minimum atomic E-state index is -3.42. The predicted molar refractivity (Wildman–Crippen MR) is 93.2 cm³/mol. The molecule has 0 aliphatic heterocycles. The molecule has 1 aliphatic carbocycles. The van der Waals surface area contributed by atoms with Gasteiger partial charge < -0.3 is 5.32 Å². The Balaban J connectivity index is 2.08. The maximum absolute atomic E-state index is 12.3. The summed E-state index contributed by atoms with van der Waals surface area (Å²) in [5, 5.41) is 3.37. The molecule has 1 aromatic carbocycles. The smallest absolute Gasteiger partial charge is 0.239 e. The van der Waals surface area contributed by atoms with E-state index >= 15 is 0 Å². The van der Waals surface area contributed by atoms with Gasteiger partial charge in [-0.05, 0) is 43.5 Å². The van der Waals surface area contributed by atoms with E-state index in [9.17, 15) is 13.2 Å². The van der Waals surface area contributed by atoms with Gasteiger partial charge in [0.05, 0.1) is 12.8 Å². The molecule has 0 spiro atoms. The standard InChI is InChI=1S/C16H23ClN2O3S/c1-12-10-13(17)8-9-15(12)18-16(20)11-19(23(2,21)22)14-6-4-3-5-7-14/h8-10,14H,3-7,11H2,1-2H3,(H,18,20). The molecule has 0 bridgehead atoms. The second-order valence-electron chi connectivity index (χ2n) is 6.11. The summed E-state index contributed by atoms with van der Waals surface area (Å²) in [5.41, 5.74) is 1.49. The molecule has 0 atom stereocenters. The minimum Gasteiger partial charge on any atom is -0.325 e. The SMILES string of the molecule is Cc1cc(Cl)ccc1NC(=O)CN(C1CCCCC1)S(C)(=O)=O. The van der Waals surface area contributed by atoms with Gasteiger partial charge in [0.1, 0.15) is 0 Å². The zero-order valence-corrected chi connectivity index (χ0v) is 15.1. The summed E-state index contributed by atoms with van der Waals surface area (Å²) in [7, 11) is -3.42. The number of carbonyl (C=O) groups is 1. The van der Waals surface area contributed by atoms with Crippen LogP contribution >= 0.6 is 11.6 Å². The van der Waals surface area contributed by atoms with Crippen LogP contribution in [0.15, 0.2) is 18.2 Å². The van der Waals surface area contributed by atoms with Crippen LogP contribution in [-0.2, 0) is 14.8 Å². The third-order valence-electron chi connectivity index (χ3n) is 4.17. The molecular weight excluding hydrogens is 336 g/mol. The molecule has 1 aliphatic rings. The fourth-order valence-corrected chi connectivity index (χ4v) is 4.32. The van der Waals surface area contributed by atoms with Crippen molar-refractivity contribution in [1.82, 2.24) is 4.31 Å². The van der Waals surface area contributed by atoms with Crippen molar-refractivity contribution < 1.29 is 13.2 Å². The summed E-state index contributed by atoms with van der Waals surface area (Å²) in [6, 6.07) is 5.10. The second-order valence-corrected chi connectivity index (χ2v) is 8.48. The lowest BCUT2D eigenvalue weighted by Gasteiger charge is -2.31. The van der Waals surface area contributed by atoms with E-state index in [0.29, 0.717) is 10.7 Å². The van der Waals surface area contributed by atoms with Crippen LogP contribution in [0.5, 0.6) is 0 Å². The molecule has 0 aromatic heterocycles. The molecule has 1 aromatic rings. The molecule has 0 radical (unpaired) electrons. The number of benzene rings is 1. The van der Waals surface area contributed by atoms with Crippen molar-refractivity contribution in [2.45, 2.75) is 45.1 Å². The van der Waals surface area contributed by atoms with Crippen molar-refractivity contribution in [2.24, 2.45) is 0 Å². The Morgan fingerprint density at radius 1 is 1.30 bits per heavy atom. The average Bonchev–Trinajstić information content (AvgIpc) is 2.47. The first kappa shape index (κ1) is 18.2. The van der Waals surface area contributed by atoms with Gasteiger partial charge in [0.25, 0.3) is 0 Å². The third kappa shape index (κ3) is 5.19. The maximum atomic E-state index is 12.3. The lowest BCUT2D eigenvalue weighted by Crippen LogP contribution is -2.45. The van der Waals surface area contributed by atoms with Crippen LogP contribution in [0.25, 0.3) is 0 Å². The number of anilines is 1. The molecule has 0 saturated heterocycles. The highest BCUT2D eigenvalue weighted by atomic mass is 35.5. The molecule has 5 nitrogen and oxygen atoms in total. The highest BCUT2D eigenvalue weighted by Crippen LogP contribution is 2.25. The van der Waals surface area contributed by atoms with Crippen LogP contribution in [0.4, 0.5) is 5.69 Å². The molecule has 1 fully saturated rings. The molecule has 7 heteroatoms. The van der Waals surface area contributed by atoms with Gasteiger partial charge in [-0.15, -0.1) is 0 Å². The number of aryl methyl sites for hydroxylation is 1. The number of rotatable bonds is 5. The van der Waals surface area contributed by atoms with E-state index in [1.165, 1.54) is 10.6 Å². The lowest BCUT2D eigenvalue weighted by atomic mass is 9.95. The second kappa shape index (κ2) is 7.64. The number of nitrogens with one attached hydrogen (secondary N) is 1. The Kier molecular flexibility index (Phi) is 6.06. The van der Waals surface area contributed by atoms with Crippen molar-refractivity contribution in [2.75, 3.05) is 18.1 Å². The van der Waals surface area contributed by atoms with Crippen LogP contribution in [0.2, 0.25) is 5.02 Å². The first-order valence-electron chi connectivity index (χ1n) is 7.80. The molecule has 2 rings (SSSR count). The van der Waals surface area contributed by atoms with Crippen molar-refractivity contribution in [3.05, 3.63) is 28.8 Å². The molecule has 0 unspecified atom stereocenters. The van der Waals surface area contributed by atoms with Gasteiger partial charge in [-0.1, -0.05) is 30.9 Å². The van der Waals surface area contributed by atoms with Crippen LogP contribution in [0.1, 0.15) is 37.7 Å². The predicted octanol–water partition coefficient (Wildman–Crippen LogP) is 3.18. The van der Waals surface area contributed by atoms with E-state index in [-0.39, 0.29) is 18.5 Å². The van der Waals surface area contributed by atoms with E-state index in [0.717, 1.165) is 37.7 Å². The Morgan fingerprint density at radius 2 is 1.96 bits per heavy atom. The summed E-state index contributed by atoms with van der Waals surface area (Å²) in [6.45, 7) is 1.70. The Bertz CT molecular complexity index is 670.